The van der Waals surface area contributed by atoms with E-state index in [0.717, 1.165) is 5.75 Å². The zero-order valence-corrected chi connectivity index (χ0v) is 15.1. The minimum Gasteiger partial charge on any atom is -0.457 e. The Kier molecular flexibility index (Phi) is 5.16. The van der Waals surface area contributed by atoms with Crippen molar-refractivity contribution in [2.75, 3.05) is 0 Å². The lowest BCUT2D eigenvalue weighted by Crippen LogP contribution is -2.03. The third-order valence-electron chi connectivity index (χ3n) is 4.20. The van der Waals surface area contributed by atoms with Crippen molar-refractivity contribution in [3.63, 3.8) is 0 Å². The molecule has 3 heteroatoms. The average Bonchev–Trinajstić information content (AvgIpc) is 2.76. The summed E-state index contributed by atoms with van der Waals surface area (Å²) in [5.41, 5.74) is 1.16. The maximum atomic E-state index is 12.8. The van der Waals surface area contributed by atoms with Crippen LogP contribution >= 0.6 is 0 Å². The SMILES string of the molecule is O=C(c1ccccc1)c1ccccc1Oc1ccc(Oc2ccccc2)cc1. The van der Waals surface area contributed by atoms with Crippen LogP contribution in [0.15, 0.2) is 109 Å². The molecule has 0 aliphatic carbocycles. The van der Waals surface area contributed by atoms with Gasteiger partial charge in [-0.1, -0.05) is 60.7 Å². The molecule has 28 heavy (non-hydrogen) atoms. The van der Waals surface area contributed by atoms with Crippen molar-refractivity contribution in [2.45, 2.75) is 0 Å². The van der Waals surface area contributed by atoms with Gasteiger partial charge in [0.2, 0.25) is 0 Å². The van der Waals surface area contributed by atoms with Crippen LogP contribution in [0.3, 0.4) is 0 Å². The summed E-state index contributed by atoms with van der Waals surface area (Å²) >= 11 is 0. The third kappa shape index (κ3) is 4.10. The molecule has 0 radical (unpaired) electrons. The van der Waals surface area contributed by atoms with Gasteiger partial charge in [0.15, 0.2) is 5.78 Å². The number of para-hydroxylation sites is 2. The molecule has 0 amide bonds. The van der Waals surface area contributed by atoms with Crippen LogP contribution in [-0.4, -0.2) is 5.78 Å². The highest BCUT2D eigenvalue weighted by Crippen LogP contribution is 2.29. The summed E-state index contributed by atoms with van der Waals surface area (Å²) in [7, 11) is 0. The summed E-state index contributed by atoms with van der Waals surface area (Å²) in [6.45, 7) is 0. The number of hydrogen-bond acceptors (Lipinski definition) is 3. The Morgan fingerprint density at radius 2 is 1.00 bits per heavy atom. The second kappa shape index (κ2) is 8.23. The number of rotatable bonds is 6. The zero-order valence-electron chi connectivity index (χ0n) is 15.1. The second-order valence-electron chi connectivity index (χ2n) is 6.18. The number of carbonyl (C=O) groups is 1. The van der Waals surface area contributed by atoms with Gasteiger partial charge in [-0.15, -0.1) is 0 Å². The third-order valence-corrected chi connectivity index (χ3v) is 4.20. The van der Waals surface area contributed by atoms with Gasteiger partial charge < -0.3 is 9.47 Å². The van der Waals surface area contributed by atoms with Gasteiger partial charge in [0.05, 0.1) is 5.56 Å². The van der Waals surface area contributed by atoms with E-state index in [2.05, 4.69) is 0 Å². The molecule has 0 aromatic heterocycles. The quantitative estimate of drug-likeness (QED) is 0.365. The fourth-order valence-corrected chi connectivity index (χ4v) is 2.82. The Hall–Kier alpha value is -3.85. The van der Waals surface area contributed by atoms with Crippen LogP contribution < -0.4 is 9.47 Å². The number of carbonyl (C=O) groups excluding carboxylic acids is 1. The maximum Gasteiger partial charge on any atom is 0.196 e. The first-order valence-electron chi connectivity index (χ1n) is 8.99. The van der Waals surface area contributed by atoms with Gasteiger partial charge in [-0.25, -0.2) is 0 Å². The lowest BCUT2D eigenvalue weighted by atomic mass is 10.0. The van der Waals surface area contributed by atoms with Crippen LogP contribution in [0.4, 0.5) is 0 Å². The molecule has 0 fully saturated rings. The van der Waals surface area contributed by atoms with E-state index in [1.54, 1.807) is 24.3 Å². The minimum atomic E-state index is -0.0692. The molecule has 4 aromatic carbocycles. The van der Waals surface area contributed by atoms with Crippen molar-refractivity contribution in [3.8, 4) is 23.0 Å². The Morgan fingerprint density at radius 3 is 1.68 bits per heavy atom. The molecule has 4 rings (SSSR count). The first-order valence-corrected chi connectivity index (χ1v) is 8.99. The number of ether oxygens (including phenoxy) is 2. The molecule has 0 heterocycles. The molecule has 0 unspecified atom stereocenters. The van der Waals surface area contributed by atoms with E-state index in [1.165, 1.54) is 0 Å². The molecule has 0 saturated heterocycles. The molecular weight excluding hydrogens is 348 g/mol. The molecule has 136 valence electrons. The predicted octanol–water partition coefficient (Wildman–Crippen LogP) is 6.50. The summed E-state index contributed by atoms with van der Waals surface area (Å²) in [6, 6.07) is 33.3. The highest BCUT2D eigenvalue weighted by molar-refractivity contribution is 6.10. The summed E-state index contributed by atoms with van der Waals surface area (Å²) in [6.07, 6.45) is 0. The van der Waals surface area contributed by atoms with Gasteiger partial charge in [0, 0.05) is 5.56 Å². The minimum absolute atomic E-state index is 0.0692. The molecule has 0 saturated carbocycles. The molecular formula is C25H18O3. The number of ketones is 1. The Labute approximate surface area is 163 Å². The van der Waals surface area contributed by atoms with Crippen LogP contribution in [0.2, 0.25) is 0 Å². The molecule has 0 bridgehead atoms. The van der Waals surface area contributed by atoms with Gasteiger partial charge in [-0.05, 0) is 48.5 Å². The zero-order chi connectivity index (χ0) is 19.2. The monoisotopic (exact) mass is 366 g/mol. The number of benzene rings is 4. The smallest absolute Gasteiger partial charge is 0.196 e. The summed E-state index contributed by atoms with van der Waals surface area (Å²) in [5.74, 6) is 2.57. The predicted molar refractivity (Wildman–Crippen MR) is 109 cm³/mol. The molecule has 4 aromatic rings. The summed E-state index contributed by atoms with van der Waals surface area (Å²) in [5, 5.41) is 0. The van der Waals surface area contributed by atoms with E-state index in [-0.39, 0.29) is 5.78 Å². The highest BCUT2D eigenvalue weighted by Gasteiger charge is 2.14. The van der Waals surface area contributed by atoms with Gasteiger partial charge >= 0.3 is 0 Å². The molecule has 3 nitrogen and oxygen atoms in total. The number of hydrogen-bond donors (Lipinski definition) is 0. The van der Waals surface area contributed by atoms with Crippen LogP contribution in [0, 0.1) is 0 Å². The normalized spacial score (nSPS) is 10.3. The lowest BCUT2D eigenvalue weighted by molar-refractivity contribution is 0.103. The van der Waals surface area contributed by atoms with E-state index in [0.29, 0.717) is 28.4 Å². The lowest BCUT2D eigenvalue weighted by Gasteiger charge is -2.11. The highest BCUT2D eigenvalue weighted by atomic mass is 16.5. The van der Waals surface area contributed by atoms with Crippen molar-refractivity contribution in [3.05, 3.63) is 120 Å². The van der Waals surface area contributed by atoms with Crippen LogP contribution in [0.1, 0.15) is 15.9 Å². The van der Waals surface area contributed by atoms with Gasteiger partial charge in [-0.3, -0.25) is 4.79 Å². The fraction of sp³-hybridized carbons (Fsp3) is 0. The van der Waals surface area contributed by atoms with Crippen LogP contribution in [0.25, 0.3) is 0 Å². The van der Waals surface area contributed by atoms with Crippen molar-refractivity contribution in [1.82, 2.24) is 0 Å². The standard InChI is InChI=1S/C25H18O3/c26-25(19-9-3-1-4-10-19)23-13-7-8-14-24(23)28-22-17-15-21(16-18-22)27-20-11-5-2-6-12-20/h1-18H. The Morgan fingerprint density at radius 1 is 0.500 bits per heavy atom. The van der Waals surface area contributed by atoms with Crippen molar-refractivity contribution in [1.29, 1.82) is 0 Å². The molecule has 0 aliphatic heterocycles. The van der Waals surface area contributed by atoms with Crippen molar-refractivity contribution < 1.29 is 14.3 Å². The second-order valence-corrected chi connectivity index (χ2v) is 6.18. The van der Waals surface area contributed by atoms with E-state index in [4.69, 9.17) is 9.47 Å². The molecule has 0 atom stereocenters. The fourth-order valence-electron chi connectivity index (χ4n) is 2.82. The maximum absolute atomic E-state index is 12.8. The van der Waals surface area contributed by atoms with E-state index in [9.17, 15) is 4.79 Å². The first kappa shape index (κ1) is 17.6. The van der Waals surface area contributed by atoms with Crippen LogP contribution in [-0.2, 0) is 0 Å². The molecule has 0 spiro atoms. The van der Waals surface area contributed by atoms with Crippen molar-refractivity contribution in [2.24, 2.45) is 0 Å². The Bertz CT molecular complexity index is 1060. The largest absolute Gasteiger partial charge is 0.457 e. The van der Waals surface area contributed by atoms with E-state index < -0.39 is 0 Å². The summed E-state index contributed by atoms with van der Waals surface area (Å²) in [4.78, 5) is 12.8. The summed E-state index contributed by atoms with van der Waals surface area (Å²) < 4.78 is 11.8. The van der Waals surface area contributed by atoms with Gasteiger partial charge in [0.25, 0.3) is 0 Å². The van der Waals surface area contributed by atoms with Crippen LogP contribution in [0.5, 0.6) is 23.0 Å². The van der Waals surface area contributed by atoms with Gasteiger partial charge in [0.1, 0.15) is 23.0 Å². The Balaban J connectivity index is 1.53. The first-order chi connectivity index (χ1) is 13.8. The van der Waals surface area contributed by atoms with E-state index >= 15 is 0 Å². The molecule has 0 N–H and O–H groups in total. The van der Waals surface area contributed by atoms with Crippen molar-refractivity contribution >= 4 is 5.78 Å². The average molecular weight is 366 g/mol. The van der Waals surface area contributed by atoms with Gasteiger partial charge in [-0.2, -0.15) is 0 Å². The van der Waals surface area contributed by atoms with E-state index in [1.807, 2.05) is 84.9 Å². The molecule has 0 aliphatic rings. The topological polar surface area (TPSA) is 35.5 Å².